The number of carbonyl (C=O) groups excluding carboxylic acids is 2. The van der Waals surface area contributed by atoms with Crippen molar-refractivity contribution in [1.29, 1.82) is 0 Å². The number of hydrogen-bond acceptors (Lipinski definition) is 5. The highest BCUT2D eigenvalue weighted by atomic mass is 32.1. The standard InChI is InChI=1S/C21H20N2O4S/c1-14-6-5-7-16(12-14)19(24)22-18-9-4-3-8-17(18)20(25)27-11-10-23-15(2)13-28-21(23)26/h3-9,12-13H,10-11H2,1-2H3,(H,22,24). The molecule has 1 amide bonds. The maximum Gasteiger partial charge on any atom is 0.340 e. The van der Waals surface area contributed by atoms with Gasteiger partial charge in [-0.25, -0.2) is 4.79 Å². The first-order valence-electron chi connectivity index (χ1n) is 8.75. The summed E-state index contributed by atoms with van der Waals surface area (Å²) in [6.07, 6.45) is 0. The molecule has 0 spiro atoms. The van der Waals surface area contributed by atoms with Crippen molar-refractivity contribution in [1.82, 2.24) is 4.57 Å². The minimum atomic E-state index is -0.555. The Bertz CT molecular complexity index is 1070. The third-order valence-corrected chi connectivity index (χ3v) is 5.08. The van der Waals surface area contributed by atoms with Crippen LogP contribution in [0.4, 0.5) is 5.69 Å². The first-order valence-corrected chi connectivity index (χ1v) is 9.63. The zero-order valence-electron chi connectivity index (χ0n) is 15.6. The molecule has 0 aliphatic heterocycles. The van der Waals surface area contributed by atoms with Gasteiger partial charge in [-0.1, -0.05) is 41.2 Å². The Morgan fingerprint density at radius 3 is 2.61 bits per heavy atom. The number of carbonyl (C=O) groups is 2. The number of amides is 1. The number of nitrogens with one attached hydrogen (secondary N) is 1. The lowest BCUT2D eigenvalue weighted by atomic mass is 10.1. The first-order chi connectivity index (χ1) is 13.5. The number of aromatic nitrogens is 1. The fraction of sp³-hybridized carbons (Fsp3) is 0.190. The van der Waals surface area contributed by atoms with Crippen LogP contribution in [-0.2, 0) is 11.3 Å². The molecule has 1 N–H and O–H groups in total. The van der Waals surface area contributed by atoms with Crippen LogP contribution in [0.25, 0.3) is 0 Å². The molecule has 0 saturated heterocycles. The molecular weight excluding hydrogens is 376 g/mol. The minimum absolute atomic E-state index is 0.0659. The van der Waals surface area contributed by atoms with Gasteiger partial charge in [0.2, 0.25) is 0 Å². The van der Waals surface area contributed by atoms with Crippen LogP contribution in [-0.4, -0.2) is 23.1 Å². The summed E-state index contributed by atoms with van der Waals surface area (Å²) in [5.41, 5.74) is 2.95. The zero-order valence-corrected chi connectivity index (χ0v) is 16.4. The lowest BCUT2D eigenvalue weighted by Crippen LogP contribution is -2.20. The maximum atomic E-state index is 12.5. The SMILES string of the molecule is Cc1cccc(C(=O)Nc2ccccc2C(=O)OCCn2c(C)csc2=O)c1. The predicted molar refractivity (Wildman–Crippen MR) is 109 cm³/mol. The summed E-state index contributed by atoms with van der Waals surface area (Å²) in [5.74, 6) is -0.856. The van der Waals surface area contributed by atoms with E-state index in [1.54, 1.807) is 52.4 Å². The molecule has 6 nitrogen and oxygen atoms in total. The van der Waals surface area contributed by atoms with E-state index in [-0.39, 0.29) is 29.5 Å². The number of nitrogens with zero attached hydrogens (tertiary/aromatic N) is 1. The zero-order chi connectivity index (χ0) is 20.1. The van der Waals surface area contributed by atoms with Gasteiger partial charge < -0.3 is 10.1 Å². The second kappa shape index (κ2) is 8.67. The highest BCUT2D eigenvalue weighted by Gasteiger charge is 2.15. The molecule has 2 aromatic carbocycles. The summed E-state index contributed by atoms with van der Waals surface area (Å²) >= 11 is 1.11. The van der Waals surface area contributed by atoms with Gasteiger partial charge in [0, 0.05) is 16.6 Å². The number of thiazole rings is 1. The van der Waals surface area contributed by atoms with Crippen LogP contribution >= 0.6 is 11.3 Å². The summed E-state index contributed by atoms with van der Waals surface area (Å²) in [6.45, 7) is 4.09. The lowest BCUT2D eigenvalue weighted by Gasteiger charge is -2.12. The van der Waals surface area contributed by atoms with Gasteiger partial charge in [-0.2, -0.15) is 0 Å². The Kier molecular flexibility index (Phi) is 6.06. The second-order valence-electron chi connectivity index (χ2n) is 6.30. The van der Waals surface area contributed by atoms with Crippen molar-refractivity contribution in [3.63, 3.8) is 0 Å². The van der Waals surface area contributed by atoms with Crippen molar-refractivity contribution >= 4 is 28.9 Å². The van der Waals surface area contributed by atoms with Crippen molar-refractivity contribution in [2.24, 2.45) is 0 Å². The number of hydrogen-bond donors (Lipinski definition) is 1. The van der Waals surface area contributed by atoms with Gasteiger partial charge in [0.25, 0.3) is 5.91 Å². The summed E-state index contributed by atoms with van der Waals surface area (Å²) < 4.78 is 6.87. The molecule has 0 unspecified atom stereocenters. The van der Waals surface area contributed by atoms with E-state index < -0.39 is 5.97 Å². The number of para-hydroxylation sites is 1. The normalized spacial score (nSPS) is 10.5. The predicted octanol–water partition coefficient (Wildman–Crippen LogP) is 3.64. The van der Waals surface area contributed by atoms with E-state index in [4.69, 9.17) is 4.74 Å². The molecule has 0 aliphatic rings. The molecule has 3 aromatic rings. The monoisotopic (exact) mass is 396 g/mol. The Labute approximate surface area is 166 Å². The van der Waals surface area contributed by atoms with Crippen LogP contribution in [0.5, 0.6) is 0 Å². The number of aryl methyl sites for hydroxylation is 2. The Hall–Kier alpha value is -3.19. The van der Waals surface area contributed by atoms with Crippen molar-refractivity contribution in [3.8, 4) is 0 Å². The summed E-state index contributed by atoms with van der Waals surface area (Å²) in [7, 11) is 0. The fourth-order valence-corrected chi connectivity index (χ4v) is 3.49. The van der Waals surface area contributed by atoms with Crippen molar-refractivity contribution in [3.05, 3.63) is 86.0 Å². The number of benzene rings is 2. The largest absolute Gasteiger partial charge is 0.460 e. The maximum absolute atomic E-state index is 12.5. The first kappa shape index (κ1) is 19.6. The molecule has 0 radical (unpaired) electrons. The summed E-state index contributed by atoms with van der Waals surface area (Å²) in [5, 5.41) is 4.53. The number of ether oxygens (including phenoxy) is 1. The smallest absolute Gasteiger partial charge is 0.340 e. The van der Waals surface area contributed by atoms with E-state index in [1.807, 2.05) is 19.9 Å². The van der Waals surface area contributed by atoms with E-state index in [0.29, 0.717) is 11.3 Å². The highest BCUT2D eigenvalue weighted by Crippen LogP contribution is 2.18. The molecule has 0 bridgehead atoms. The lowest BCUT2D eigenvalue weighted by molar-refractivity contribution is 0.0491. The van der Waals surface area contributed by atoms with Gasteiger partial charge in [0.1, 0.15) is 6.61 Å². The topological polar surface area (TPSA) is 77.4 Å². The van der Waals surface area contributed by atoms with E-state index in [9.17, 15) is 14.4 Å². The molecule has 0 fully saturated rings. The molecule has 0 aliphatic carbocycles. The van der Waals surface area contributed by atoms with Gasteiger partial charge in [-0.05, 0) is 38.1 Å². The van der Waals surface area contributed by atoms with Crippen LogP contribution in [0.15, 0.2) is 58.7 Å². The van der Waals surface area contributed by atoms with Crippen LogP contribution in [0, 0.1) is 13.8 Å². The van der Waals surface area contributed by atoms with Crippen LogP contribution in [0.3, 0.4) is 0 Å². The van der Waals surface area contributed by atoms with E-state index in [2.05, 4.69) is 5.32 Å². The molecule has 0 saturated carbocycles. The average molecular weight is 396 g/mol. The Morgan fingerprint density at radius 2 is 1.89 bits per heavy atom. The summed E-state index contributed by atoms with van der Waals surface area (Å²) in [4.78, 5) is 36.6. The highest BCUT2D eigenvalue weighted by molar-refractivity contribution is 7.07. The molecule has 0 atom stereocenters. The van der Waals surface area contributed by atoms with Crippen molar-refractivity contribution in [2.45, 2.75) is 20.4 Å². The van der Waals surface area contributed by atoms with Crippen molar-refractivity contribution in [2.75, 3.05) is 11.9 Å². The van der Waals surface area contributed by atoms with Gasteiger partial charge in [0.05, 0.1) is 17.8 Å². The van der Waals surface area contributed by atoms with Gasteiger partial charge >= 0.3 is 10.8 Å². The minimum Gasteiger partial charge on any atom is -0.460 e. The average Bonchev–Trinajstić information content (AvgIpc) is 3.00. The molecule has 1 heterocycles. The van der Waals surface area contributed by atoms with Gasteiger partial charge in [-0.15, -0.1) is 0 Å². The molecular formula is C21H20N2O4S. The number of esters is 1. The molecule has 1 aromatic heterocycles. The molecule has 144 valence electrons. The Balaban J connectivity index is 1.68. The van der Waals surface area contributed by atoms with Crippen LogP contribution in [0.1, 0.15) is 32.0 Å². The summed E-state index contributed by atoms with van der Waals surface area (Å²) in [6, 6.07) is 13.9. The number of rotatable bonds is 6. The van der Waals surface area contributed by atoms with E-state index in [0.717, 1.165) is 22.6 Å². The molecule has 3 rings (SSSR count). The van der Waals surface area contributed by atoms with E-state index in [1.165, 1.54) is 0 Å². The van der Waals surface area contributed by atoms with Crippen molar-refractivity contribution < 1.29 is 14.3 Å². The van der Waals surface area contributed by atoms with Crippen LogP contribution in [0.2, 0.25) is 0 Å². The van der Waals surface area contributed by atoms with Gasteiger partial charge in [-0.3, -0.25) is 14.2 Å². The second-order valence-corrected chi connectivity index (χ2v) is 7.12. The molecule has 7 heteroatoms. The fourth-order valence-electron chi connectivity index (χ4n) is 2.73. The number of anilines is 1. The third-order valence-electron chi connectivity index (χ3n) is 4.20. The quantitative estimate of drug-likeness (QED) is 0.646. The Morgan fingerprint density at radius 1 is 1.11 bits per heavy atom. The van der Waals surface area contributed by atoms with Crippen LogP contribution < -0.4 is 10.2 Å². The van der Waals surface area contributed by atoms with Gasteiger partial charge in [0.15, 0.2) is 0 Å². The van der Waals surface area contributed by atoms with E-state index >= 15 is 0 Å². The molecule has 28 heavy (non-hydrogen) atoms. The third kappa shape index (κ3) is 4.55.